The molecule has 0 aliphatic carbocycles. The third kappa shape index (κ3) is 6.69. The molecule has 3 aromatic carbocycles. The highest BCUT2D eigenvalue weighted by atomic mass is 16.5. The van der Waals surface area contributed by atoms with Crippen LogP contribution in [0.4, 0.5) is 11.4 Å². The summed E-state index contributed by atoms with van der Waals surface area (Å²) in [5, 5.41) is 19.8. The van der Waals surface area contributed by atoms with Crippen LogP contribution in [0.25, 0.3) is 11.1 Å². The molecule has 0 aliphatic rings. The lowest BCUT2D eigenvalue weighted by atomic mass is 9.94. The van der Waals surface area contributed by atoms with Crippen LogP contribution < -0.4 is 15.8 Å². The number of hydrogen-bond acceptors (Lipinski definition) is 5. The molecular weight excluding hydrogens is 442 g/mol. The maximum absolute atomic E-state index is 13.1. The van der Waals surface area contributed by atoms with Crippen LogP contribution in [0.15, 0.2) is 54.6 Å². The number of carboxylic acids is 1. The van der Waals surface area contributed by atoms with Gasteiger partial charge in [0.1, 0.15) is 5.75 Å². The minimum atomic E-state index is -0.872. The third-order valence-electron chi connectivity index (χ3n) is 5.59. The van der Waals surface area contributed by atoms with Crippen molar-refractivity contribution in [2.75, 3.05) is 17.7 Å². The number of rotatable bonds is 10. The molecule has 0 bridgehead atoms. The Kier molecular flexibility index (Phi) is 8.25. The first kappa shape index (κ1) is 25.5. The fourth-order valence-corrected chi connectivity index (χ4v) is 3.63. The van der Waals surface area contributed by atoms with Gasteiger partial charge in [-0.15, -0.1) is 0 Å². The van der Waals surface area contributed by atoms with E-state index < -0.39 is 5.97 Å². The van der Waals surface area contributed by atoms with Crippen molar-refractivity contribution in [3.63, 3.8) is 0 Å². The summed E-state index contributed by atoms with van der Waals surface area (Å²) in [6.45, 7) is 6.63. The molecule has 0 spiro atoms. The summed E-state index contributed by atoms with van der Waals surface area (Å²) >= 11 is 0. The first-order valence-corrected chi connectivity index (χ1v) is 11.5. The number of carboxylic acid groups (broad SMARTS) is 1. The van der Waals surface area contributed by atoms with E-state index in [2.05, 4.69) is 19.2 Å². The zero-order chi connectivity index (χ0) is 25.5. The number of nitrogen functional groups attached to an aromatic ring is 1. The van der Waals surface area contributed by atoms with E-state index in [1.54, 1.807) is 36.4 Å². The Hall–Kier alpha value is -4.13. The van der Waals surface area contributed by atoms with Crippen molar-refractivity contribution >= 4 is 29.5 Å². The third-order valence-corrected chi connectivity index (χ3v) is 5.59. The Morgan fingerprint density at radius 3 is 2.46 bits per heavy atom. The number of nitrogens with two attached hydrogens (primary N) is 1. The van der Waals surface area contributed by atoms with Crippen molar-refractivity contribution in [2.45, 2.75) is 33.6 Å². The van der Waals surface area contributed by atoms with Crippen molar-refractivity contribution in [2.24, 2.45) is 5.92 Å². The molecule has 182 valence electrons. The van der Waals surface area contributed by atoms with E-state index in [-0.39, 0.29) is 12.3 Å². The first-order chi connectivity index (χ1) is 16.7. The monoisotopic (exact) mass is 473 g/mol. The quantitative estimate of drug-likeness (QED) is 0.227. The molecule has 0 saturated carbocycles. The van der Waals surface area contributed by atoms with Crippen LogP contribution in [-0.4, -0.2) is 29.8 Å². The van der Waals surface area contributed by atoms with Crippen LogP contribution in [0.2, 0.25) is 0 Å². The molecule has 3 aromatic rings. The number of anilines is 2. The Labute approximate surface area is 205 Å². The summed E-state index contributed by atoms with van der Waals surface area (Å²) in [6.07, 6.45) is 1.55. The molecule has 0 heterocycles. The smallest absolute Gasteiger partial charge is 0.303 e. The molecule has 7 heteroatoms. The number of ether oxygens (including phenoxy) is 1. The summed E-state index contributed by atoms with van der Waals surface area (Å²) in [5.74, 6) is -0.0416. The van der Waals surface area contributed by atoms with E-state index >= 15 is 0 Å². The Bertz CT molecular complexity index is 1230. The number of carbonyl (C=O) groups is 2. The van der Waals surface area contributed by atoms with Crippen molar-refractivity contribution in [3.8, 4) is 16.9 Å². The fourth-order valence-electron chi connectivity index (χ4n) is 3.63. The van der Waals surface area contributed by atoms with E-state index in [0.717, 1.165) is 22.3 Å². The lowest BCUT2D eigenvalue weighted by Crippen LogP contribution is -2.13. The van der Waals surface area contributed by atoms with Gasteiger partial charge in [-0.25, -0.2) is 0 Å². The number of hydrogen-bond donors (Lipinski definition) is 4. The lowest BCUT2D eigenvalue weighted by molar-refractivity contribution is -0.136. The van der Waals surface area contributed by atoms with Crippen molar-refractivity contribution in [3.05, 3.63) is 76.9 Å². The van der Waals surface area contributed by atoms with Crippen LogP contribution in [0.5, 0.6) is 5.75 Å². The van der Waals surface area contributed by atoms with Gasteiger partial charge in [-0.1, -0.05) is 19.9 Å². The number of aryl methyl sites for hydroxylation is 2. The molecule has 7 nitrogen and oxygen atoms in total. The lowest BCUT2D eigenvalue weighted by Gasteiger charge is -2.17. The summed E-state index contributed by atoms with van der Waals surface area (Å²) in [7, 11) is 0. The zero-order valence-corrected chi connectivity index (χ0v) is 20.2. The first-order valence-electron chi connectivity index (χ1n) is 11.5. The number of benzene rings is 3. The van der Waals surface area contributed by atoms with Gasteiger partial charge in [0.15, 0.2) is 0 Å². The maximum atomic E-state index is 13.1. The fraction of sp³-hybridized carbons (Fsp3) is 0.250. The normalized spacial score (nSPS) is 10.7. The van der Waals surface area contributed by atoms with Crippen molar-refractivity contribution in [1.29, 1.82) is 5.41 Å². The van der Waals surface area contributed by atoms with Crippen LogP contribution in [0, 0.1) is 18.3 Å². The molecule has 0 aliphatic heterocycles. The van der Waals surface area contributed by atoms with Crippen molar-refractivity contribution in [1.82, 2.24) is 0 Å². The summed E-state index contributed by atoms with van der Waals surface area (Å²) in [5.41, 5.74) is 11.3. The number of carbonyl (C=O) groups excluding carboxylic acids is 1. The average Bonchev–Trinajstić information content (AvgIpc) is 2.83. The molecule has 1 amide bonds. The van der Waals surface area contributed by atoms with Crippen molar-refractivity contribution < 1.29 is 19.4 Å². The second-order valence-corrected chi connectivity index (χ2v) is 8.89. The standard InChI is InChI=1S/C28H31N3O4/c1-17(2)16-35-23-8-4-19(5-9-23)28(34)31-26-12-18(3)20(7-11-27(32)33)14-24(26)21-6-10-25(30)22(13-21)15-29/h4-6,8-10,12-15,17,29H,7,11,16,30H2,1-3H3,(H,31,34)(H,32,33). The molecule has 0 atom stereocenters. The van der Waals surface area contributed by atoms with Crippen LogP contribution in [-0.2, 0) is 11.2 Å². The summed E-state index contributed by atoms with van der Waals surface area (Å²) in [6, 6.07) is 16.1. The van der Waals surface area contributed by atoms with Gasteiger partial charge in [0.2, 0.25) is 0 Å². The van der Waals surface area contributed by atoms with E-state index in [9.17, 15) is 9.59 Å². The molecular formula is C28H31N3O4. The maximum Gasteiger partial charge on any atom is 0.303 e. The molecule has 0 unspecified atom stereocenters. The molecule has 0 aromatic heterocycles. The Morgan fingerprint density at radius 2 is 1.83 bits per heavy atom. The second kappa shape index (κ2) is 11.3. The minimum absolute atomic E-state index is 0.00466. The predicted molar refractivity (Wildman–Crippen MR) is 140 cm³/mol. The van der Waals surface area contributed by atoms with Gasteiger partial charge in [0.25, 0.3) is 5.91 Å². The van der Waals surface area contributed by atoms with E-state index in [1.165, 1.54) is 6.21 Å². The van der Waals surface area contributed by atoms with Crippen LogP contribution in [0.3, 0.4) is 0 Å². The second-order valence-electron chi connectivity index (χ2n) is 8.89. The zero-order valence-electron chi connectivity index (χ0n) is 20.2. The van der Waals surface area contributed by atoms with Gasteiger partial charge >= 0.3 is 5.97 Å². The predicted octanol–water partition coefficient (Wildman–Crippen LogP) is 5.55. The van der Waals surface area contributed by atoms with Gasteiger partial charge in [-0.2, -0.15) is 0 Å². The highest BCUT2D eigenvalue weighted by molar-refractivity contribution is 6.06. The van der Waals surface area contributed by atoms with Gasteiger partial charge in [0, 0.05) is 40.7 Å². The van der Waals surface area contributed by atoms with Crippen LogP contribution >= 0.6 is 0 Å². The average molecular weight is 474 g/mol. The van der Waals surface area contributed by atoms with Gasteiger partial charge in [-0.05, 0) is 84.5 Å². The Balaban J connectivity index is 1.95. The number of aliphatic carboxylic acids is 1. The number of amides is 1. The van der Waals surface area contributed by atoms with E-state index in [4.69, 9.17) is 21.0 Å². The van der Waals surface area contributed by atoms with Crippen LogP contribution in [0.1, 0.15) is 47.3 Å². The highest BCUT2D eigenvalue weighted by Crippen LogP contribution is 2.33. The SMILES string of the molecule is Cc1cc(NC(=O)c2ccc(OCC(C)C)cc2)c(-c2ccc(N)c(C=N)c2)cc1CCC(=O)O. The Morgan fingerprint density at radius 1 is 1.11 bits per heavy atom. The topological polar surface area (TPSA) is 125 Å². The van der Waals surface area contributed by atoms with E-state index in [1.807, 2.05) is 25.1 Å². The molecule has 3 rings (SSSR count). The molecule has 5 N–H and O–H groups in total. The van der Waals surface area contributed by atoms with E-state index in [0.29, 0.717) is 47.2 Å². The molecule has 0 fully saturated rings. The van der Waals surface area contributed by atoms with Gasteiger partial charge in [0.05, 0.1) is 6.61 Å². The molecule has 0 saturated heterocycles. The summed E-state index contributed by atoms with van der Waals surface area (Å²) in [4.78, 5) is 24.2. The van der Waals surface area contributed by atoms with Gasteiger partial charge in [-0.3, -0.25) is 9.59 Å². The highest BCUT2D eigenvalue weighted by Gasteiger charge is 2.15. The van der Waals surface area contributed by atoms with Gasteiger partial charge < -0.3 is 26.3 Å². The largest absolute Gasteiger partial charge is 0.493 e. The summed E-state index contributed by atoms with van der Waals surface area (Å²) < 4.78 is 5.70. The minimum Gasteiger partial charge on any atom is -0.493 e. The molecule has 0 radical (unpaired) electrons. The number of nitrogens with one attached hydrogen (secondary N) is 2. The molecule has 35 heavy (non-hydrogen) atoms.